The van der Waals surface area contributed by atoms with E-state index in [-0.39, 0.29) is 22.7 Å². The number of rotatable bonds is 11. The van der Waals surface area contributed by atoms with Crippen LogP contribution in [0.25, 0.3) is 11.2 Å². The van der Waals surface area contributed by atoms with E-state index in [1.807, 2.05) is 6.92 Å². The minimum absolute atomic E-state index is 0.0801. The van der Waals surface area contributed by atoms with Crippen LogP contribution in [0.1, 0.15) is 37.8 Å². The summed E-state index contributed by atoms with van der Waals surface area (Å²) >= 11 is 1.01. The maximum atomic E-state index is 13.0. The van der Waals surface area contributed by atoms with Gasteiger partial charge in [-0.05, 0) is 48.9 Å². The number of alkyl halides is 3. The van der Waals surface area contributed by atoms with E-state index >= 15 is 0 Å². The summed E-state index contributed by atoms with van der Waals surface area (Å²) in [5.74, 6) is -2.53. The van der Waals surface area contributed by atoms with E-state index < -0.39 is 60.4 Å². The van der Waals surface area contributed by atoms with Gasteiger partial charge in [0.25, 0.3) is 0 Å². The van der Waals surface area contributed by atoms with Crippen molar-refractivity contribution in [3.8, 4) is 0 Å². The summed E-state index contributed by atoms with van der Waals surface area (Å²) in [6, 6.07) is 3.58. The van der Waals surface area contributed by atoms with Crippen LogP contribution in [0.15, 0.2) is 34.3 Å². The Bertz CT molecular complexity index is 1390. The van der Waals surface area contributed by atoms with Crippen molar-refractivity contribution < 1.29 is 38.1 Å². The summed E-state index contributed by atoms with van der Waals surface area (Å²) in [6.07, 6.45) is -7.42. The van der Waals surface area contributed by atoms with E-state index in [1.165, 1.54) is 16.8 Å². The number of aromatic nitrogens is 5. The molecule has 1 aliphatic rings. The van der Waals surface area contributed by atoms with Crippen molar-refractivity contribution in [2.75, 3.05) is 18.4 Å². The van der Waals surface area contributed by atoms with E-state index in [9.17, 15) is 38.1 Å². The molecule has 0 radical (unpaired) electrons. The minimum atomic E-state index is -4.48. The molecule has 2 aromatic heterocycles. The quantitative estimate of drug-likeness (QED) is 0.135. The number of unbranched alkanes of at least 4 members (excludes halogenated alkanes) is 1. The van der Waals surface area contributed by atoms with Crippen molar-refractivity contribution in [3.63, 3.8) is 0 Å². The lowest BCUT2D eigenvalue weighted by Crippen LogP contribution is -2.44. The number of primary amides is 1. The second kappa shape index (κ2) is 12.5. The van der Waals surface area contributed by atoms with Gasteiger partial charge >= 0.3 is 6.18 Å². The van der Waals surface area contributed by atoms with Crippen molar-refractivity contribution in [3.05, 3.63) is 29.8 Å². The number of halogens is 3. The molecule has 7 N–H and O–H groups in total. The number of aliphatic hydroxyl groups excluding tert-OH is 3. The average Bonchev–Trinajstić information content (AvgIpc) is 3.47. The molecule has 1 aromatic carbocycles. The molecule has 1 fully saturated rings. The third-order valence-corrected chi connectivity index (χ3v) is 7.49. The largest absolute Gasteiger partial charge is 0.416 e. The molecule has 41 heavy (non-hydrogen) atoms. The number of carbonyl (C=O) groups excluding carboxylic acids is 2. The SMILES string of the molecule is CCCCNc1nc(Sc2ccc(C(F)(F)F)cc2)nc2c1nnn2C1CC(C(=O)NCC(O)C(N)=O)C(O)C1O. The number of fused-ring (bicyclic) bond motifs is 1. The highest BCUT2D eigenvalue weighted by Gasteiger charge is 2.47. The predicted octanol–water partition coefficient (Wildman–Crippen LogP) is 0.848. The summed E-state index contributed by atoms with van der Waals surface area (Å²) in [5, 5.41) is 44.9. The Morgan fingerprint density at radius 3 is 2.54 bits per heavy atom. The Balaban J connectivity index is 1.63. The number of nitrogens with two attached hydrogens (primary N) is 1. The summed E-state index contributed by atoms with van der Waals surface area (Å²) in [5.41, 5.74) is 4.63. The average molecular weight is 599 g/mol. The molecule has 5 unspecified atom stereocenters. The number of carbonyl (C=O) groups is 2. The smallest absolute Gasteiger partial charge is 0.390 e. The number of hydrogen-bond acceptors (Lipinski definition) is 11. The lowest BCUT2D eigenvalue weighted by molar-refractivity contribution is -0.137. The molecule has 222 valence electrons. The van der Waals surface area contributed by atoms with Gasteiger partial charge < -0.3 is 31.7 Å². The standard InChI is InChI=1S/C24H29F3N8O5S/c1-2-3-8-29-20-16-21(32-23(31-20)41-12-6-4-11(5-7-12)24(25,26)27)35(34-33-16)14-9-13(17(37)18(14)38)22(40)30-10-15(36)19(28)39/h4-7,13-15,17-18,36-38H,2-3,8-10H2,1H3,(H2,28,39)(H,30,40)(H,29,31,32). The van der Waals surface area contributed by atoms with Gasteiger partial charge in [0.1, 0.15) is 12.2 Å². The normalized spacial score (nSPS) is 21.6. The summed E-state index contributed by atoms with van der Waals surface area (Å²) < 4.78 is 40.2. The number of hydrogen-bond donors (Lipinski definition) is 6. The van der Waals surface area contributed by atoms with Gasteiger partial charge in [-0.25, -0.2) is 14.6 Å². The van der Waals surface area contributed by atoms with Gasteiger partial charge in [-0.15, -0.1) is 5.10 Å². The summed E-state index contributed by atoms with van der Waals surface area (Å²) in [4.78, 5) is 33.1. The van der Waals surface area contributed by atoms with E-state index in [0.717, 1.165) is 36.7 Å². The minimum Gasteiger partial charge on any atom is -0.390 e. The van der Waals surface area contributed by atoms with Gasteiger partial charge in [-0.2, -0.15) is 13.2 Å². The first kappa shape index (κ1) is 30.4. The maximum absolute atomic E-state index is 13.0. The molecule has 0 saturated heterocycles. The van der Waals surface area contributed by atoms with Gasteiger partial charge in [-0.1, -0.05) is 18.6 Å². The van der Waals surface area contributed by atoms with E-state index in [0.29, 0.717) is 17.3 Å². The van der Waals surface area contributed by atoms with Crippen LogP contribution >= 0.6 is 11.8 Å². The number of amides is 2. The Morgan fingerprint density at radius 2 is 1.90 bits per heavy atom. The topological polar surface area (TPSA) is 201 Å². The van der Waals surface area contributed by atoms with Crippen molar-refractivity contribution in [1.82, 2.24) is 30.3 Å². The molecule has 1 aliphatic carbocycles. The Labute approximate surface area is 235 Å². The molecule has 4 rings (SSSR count). The van der Waals surface area contributed by atoms with Crippen LogP contribution in [0.3, 0.4) is 0 Å². The predicted molar refractivity (Wildman–Crippen MR) is 139 cm³/mol. The summed E-state index contributed by atoms with van der Waals surface area (Å²) in [7, 11) is 0. The molecular weight excluding hydrogens is 569 g/mol. The molecular formula is C24H29F3N8O5S. The number of anilines is 1. The fraction of sp³-hybridized carbons (Fsp3) is 0.500. The highest BCUT2D eigenvalue weighted by atomic mass is 32.2. The molecule has 17 heteroatoms. The van der Waals surface area contributed by atoms with Gasteiger partial charge in [0, 0.05) is 11.4 Å². The molecule has 0 spiro atoms. The molecule has 5 atom stereocenters. The van der Waals surface area contributed by atoms with Gasteiger partial charge in [0.15, 0.2) is 22.1 Å². The van der Waals surface area contributed by atoms with Gasteiger partial charge in [0.05, 0.1) is 30.2 Å². The van der Waals surface area contributed by atoms with Crippen LogP contribution < -0.4 is 16.4 Å². The second-order valence-corrected chi connectivity index (χ2v) is 10.6. The van der Waals surface area contributed by atoms with Crippen molar-refractivity contribution >= 4 is 40.6 Å². The molecule has 2 amide bonds. The lowest BCUT2D eigenvalue weighted by atomic mass is 10.0. The number of aliphatic hydroxyl groups is 3. The van der Waals surface area contributed by atoms with Crippen LogP contribution in [0.5, 0.6) is 0 Å². The molecule has 3 aromatic rings. The van der Waals surface area contributed by atoms with Crippen LogP contribution in [-0.2, 0) is 15.8 Å². The zero-order valence-corrected chi connectivity index (χ0v) is 22.6. The zero-order valence-electron chi connectivity index (χ0n) is 21.7. The third-order valence-electron chi connectivity index (χ3n) is 6.62. The van der Waals surface area contributed by atoms with E-state index in [4.69, 9.17) is 5.73 Å². The van der Waals surface area contributed by atoms with E-state index in [1.54, 1.807) is 0 Å². The number of benzene rings is 1. The van der Waals surface area contributed by atoms with Gasteiger partial charge in [0.2, 0.25) is 11.8 Å². The van der Waals surface area contributed by atoms with Crippen LogP contribution in [0.4, 0.5) is 19.0 Å². The van der Waals surface area contributed by atoms with Gasteiger partial charge in [-0.3, -0.25) is 9.59 Å². The monoisotopic (exact) mass is 598 g/mol. The second-order valence-electron chi connectivity index (χ2n) is 9.52. The number of nitrogens with one attached hydrogen (secondary N) is 2. The first-order valence-electron chi connectivity index (χ1n) is 12.7. The lowest BCUT2D eigenvalue weighted by Gasteiger charge is -2.17. The molecule has 1 saturated carbocycles. The van der Waals surface area contributed by atoms with Crippen molar-refractivity contribution in [1.29, 1.82) is 0 Å². The van der Waals surface area contributed by atoms with E-state index in [2.05, 4.69) is 30.9 Å². The molecule has 0 aliphatic heterocycles. The van der Waals surface area contributed by atoms with Crippen LogP contribution in [0, 0.1) is 5.92 Å². The zero-order chi connectivity index (χ0) is 29.9. The first-order valence-corrected chi connectivity index (χ1v) is 13.6. The highest BCUT2D eigenvalue weighted by molar-refractivity contribution is 7.99. The van der Waals surface area contributed by atoms with Crippen LogP contribution in [-0.4, -0.2) is 83.5 Å². The highest BCUT2D eigenvalue weighted by Crippen LogP contribution is 2.38. The Kier molecular flexibility index (Phi) is 9.31. The maximum Gasteiger partial charge on any atom is 0.416 e. The number of nitrogens with zero attached hydrogens (tertiary/aromatic N) is 5. The summed E-state index contributed by atoms with van der Waals surface area (Å²) in [6.45, 7) is 2.09. The van der Waals surface area contributed by atoms with Crippen LogP contribution in [0.2, 0.25) is 0 Å². The first-order chi connectivity index (χ1) is 19.4. The fourth-order valence-electron chi connectivity index (χ4n) is 4.34. The van der Waals surface area contributed by atoms with Crippen molar-refractivity contribution in [2.24, 2.45) is 11.7 Å². The Hall–Kier alpha value is -3.54. The molecule has 0 bridgehead atoms. The third kappa shape index (κ3) is 6.86. The molecule has 2 heterocycles. The van der Waals surface area contributed by atoms with Crippen molar-refractivity contribution in [2.45, 2.75) is 66.8 Å². The fourth-order valence-corrected chi connectivity index (χ4v) is 5.10. The Morgan fingerprint density at radius 1 is 1.20 bits per heavy atom. The molecule has 13 nitrogen and oxygen atoms in total.